The molecule has 0 spiro atoms. The average Bonchev–Trinajstić information content (AvgIpc) is 3.33. The number of benzene rings is 1. The molecule has 2 fully saturated rings. The smallest absolute Gasteiger partial charge is 0.254 e. The van der Waals surface area contributed by atoms with E-state index in [1.54, 1.807) is 28.9 Å². The van der Waals surface area contributed by atoms with E-state index in [0.717, 1.165) is 29.9 Å². The van der Waals surface area contributed by atoms with E-state index in [4.69, 9.17) is 16.6 Å². The Morgan fingerprint density at radius 1 is 1.30 bits per heavy atom. The topological polar surface area (TPSA) is 109 Å². The summed E-state index contributed by atoms with van der Waals surface area (Å²) in [7, 11) is 0. The first-order valence-electron chi connectivity index (χ1n) is 9.62. The zero-order valence-corrected chi connectivity index (χ0v) is 16.6. The van der Waals surface area contributed by atoms with Gasteiger partial charge in [-0.15, -0.1) is 0 Å². The summed E-state index contributed by atoms with van der Waals surface area (Å²) in [5.74, 6) is 0.221. The zero-order chi connectivity index (χ0) is 20.8. The summed E-state index contributed by atoms with van der Waals surface area (Å²) in [6.45, 7) is 0. The number of phenolic OH excluding ortho intramolecular Hbond substituents is 1. The molecule has 3 aromatic rings. The fourth-order valence-electron chi connectivity index (χ4n) is 3.45. The van der Waals surface area contributed by atoms with Gasteiger partial charge in [0.1, 0.15) is 11.6 Å². The molecule has 1 saturated heterocycles. The number of carbonyl (C=O) groups excluding carboxylic acids is 2. The van der Waals surface area contributed by atoms with Crippen LogP contribution in [0.4, 0.5) is 5.82 Å². The molecular weight excluding hydrogens is 406 g/mol. The molecule has 152 valence electrons. The van der Waals surface area contributed by atoms with Crippen molar-refractivity contribution in [3.8, 4) is 5.75 Å². The Bertz CT molecular complexity index is 1230. The number of nitrogens with one attached hydrogen (secondary N) is 2. The van der Waals surface area contributed by atoms with Crippen LogP contribution in [0, 0.1) is 0 Å². The number of anilines is 1. The highest BCUT2D eigenvalue weighted by atomic mass is 35.5. The Balaban J connectivity index is 1.58. The molecule has 2 aromatic heterocycles. The van der Waals surface area contributed by atoms with Crippen LogP contribution < -0.4 is 10.6 Å². The highest BCUT2D eigenvalue weighted by molar-refractivity contribution is 6.31. The van der Waals surface area contributed by atoms with Gasteiger partial charge in [-0.05, 0) is 36.6 Å². The summed E-state index contributed by atoms with van der Waals surface area (Å²) in [4.78, 5) is 28.2. The van der Waals surface area contributed by atoms with Gasteiger partial charge in [0.05, 0.1) is 18.3 Å². The number of nitrogens with zero attached hydrogens (tertiary/aromatic N) is 3. The molecule has 1 aliphatic carbocycles. The highest BCUT2D eigenvalue weighted by Crippen LogP contribution is 2.29. The maximum Gasteiger partial charge on any atom is 0.254 e. The van der Waals surface area contributed by atoms with Crippen molar-refractivity contribution in [2.75, 3.05) is 5.32 Å². The summed E-state index contributed by atoms with van der Waals surface area (Å²) < 4.78 is 1.71. The number of amides is 2. The Labute approximate surface area is 176 Å². The van der Waals surface area contributed by atoms with E-state index in [9.17, 15) is 14.7 Å². The van der Waals surface area contributed by atoms with Crippen molar-refractivity contribution in [1.29, 1.82) is 0 Å². The Kier molecular flexibility index (Phi) is 4.43. The normalized spacial score (nSPS) is 17.7. The number of rotatable bonds is 5. The maximum absolute atomic E-state index is 11.9. The molecule has 0 radical (unpaired) electrons. The predicted octanol–water partition coefficient (Wildman–Crippen LogP) is 2.68. The van der Waals surface area contributed by atoms with E-state index >= 15 is 0 Å². The summed E-state index contributed by atoms with van der Waals surface area (Å²) in [6, 6.07) is 7.21. The van der Waals surface area contributed by atoms with Crippen LogP contribution in [0.25, 0.3) is 11.7 Å². The van der Waals surface area contributed by atoms with E-state index in [-0.39, 0.29) is 24.0 Å². The van der Waals surface area contributed by atoms with Crippen LogP contribution in [0.1, 0.15) is 36.1 Å². The molecule has 0 unspecified atom stereocenters. The zero-order valence-electron chi connectivity index (χ0n) is 15.9. The Morgan fingerprint density at radius 2 is 2.13 bits per heavy atom. The lowest BCUT2D eigenvalue weighted by Crippen LogP contribution is -2.19. The van der Waals surface area contributed by atoms with Crippen molar-refractivity contribution < 1.29 is 14.7 Å². The molecule has 1 aliphatic heterocycles. The van der Waals surface area contributed by atoms with Gasteiger partial charge in [0.15, 0.2) is 5.65 Å². The summed E-state index contributed by atoms with van der Waals surface area (Å²) >= 11 is 6.28. The van der Waals surface area contributed by atoms with Crippen LogP contribution in [0.15, 0.2) is 36.0 Å². The van der Waals surface area contributed by atoms with Crippen LogP contribution in [0.3, 0.4) is 0 Å². The molecule has 9 heteroatoms. The average molecular weight is 424 g/mol. The van der Waals surface area contributed by atoms with Crippen molar-refractivity contribution in [2.24, 2.45) is 0 Å². The molecule has 5 rings (SSSR count). The Hall–Kier alpha value is -3.39. The molecule has 2 amide bonds. The van der Waals surface area contributed by atoms with Gasteiger partial charge in [-0.25, -0.2) is 4.98 Å². The lowest BCUT2D eigenvalue weighted by molar-refractivity contribution is -0.124. The number of carbonyl (C=O) groups is 2. The second kappa shape index (κ2) is 7.14. The molecular formula is C21H18ClN5O3. The molecule has 1 aromatic carbocycles. The molecule has 8 nitrogen and oxygen atoms in total. The lowest BCUT2D eigenvalue weighted by Gasteiger charge is -2.11. The number of aromatic hydroxyl groups is 1. The summed E-state index contributed by atoms with van der Waals surface area (Å²) in [5.41, 5.74) is 3.24. The van der Waals surface area contributed by atoms with E-state index in [0.29, 0.717) is 34.3 Å². The second-order valence-corrected chi connectivity index (χ2v) is 7.97. The number of phenols is 1. The van der Waals surface area contributed by atoms with Crippen molar-refractivity contribution in [3.05, 3.63) is 57.9 Å². The van der Waals surface area contributed by atoms with Crippen LogP contribution in [0.5, 0.6) is 5.75 Å². The fourth-order valence-corrected chi connectivity index (χ4v) is 3.69. The van der Waals surface area contributed by atoms with E-state index < -0.39 is 0 Å². The first-order valence-corrected chi connectivity index (χ1v) is 10.0. The van der Waals surface area contributed by atoms with Gasteiger partial charge in [-0.3, -0.25) is 14.9 Å². The third kappa shape index (κ3) is 3.61. The van der Waals surface area contributed by atoms with Crippen molar-refractivity contribution in [3.63, 3.8) is 0 Å². The number of hydrogen-bond acceptors (Lipinski definition) is 6. The molecule has 3 N–H and O–H groups in total. The third-order valence-electron chi connectivity index (χ3n) is 5.12. The standard InChI is InChI=1S/C21H18ClN5O3/c22-17-9-16(28)4-1-11(17)6-15-8-18(24-14-2-3-14)27-20(25-15)13(10-23-27)5-12-7-19(29)26-21(12)30/h1,4-5,8-10,14,24,28H,2-3,6-7H2,(H,26,29,30)/b12-5+. The quantitative estimate of drug-likeness (QED) is 0.430. The first kappa shape index (κ1) is 18.6. The maximum atomic E-state index is 11.9. The van der Waals surface area contributed by atoms with Crippen molar-refractivity contribution in [2.45, 2.75) is 31.7 Å². The lowest BCUT2D eigenvalue weighted by atomic mass is 10.1. The van der Waals surface area contributed by atoms with Crippen molar-refractivity contribution in [1.82, 2.24) is 19.9 Å². The van der Waals surface area contributed by atoms with E-state index in [1.807, 2.05) is 6.07 Å². The van der Waals surface area contributed by atoms with Gasteiger partial charge >= 0.3 is 0 Å². The summed E-state index contributed by atoms with van der Waals surface area (Å²) in [6.07, 6.45) is 6.02. The van der Waals surface area contributed by atoms with Gasteiger partial charge in [-0.2, -0.15) is 9.61 Å². The number of fused-ring (bicyclic) bond motifs is 1. The van der Waals surface area contributed by atoms with Crippen LogP contribution in [-0.4, -0.2) is 37.6 Å². The van der Waals surface area contributed by atoms with Gasteiger partial charge in [0.25, 0.3) is 5.91 Å². The molecule has 0 atom stereocenters. The Morgan fingerprint density at radius 3 is 2.83 bits per heavy atom. The monoisotopic (exact) mass is 423 g/mol. The summed E-state index contributed by atoms with van der Waals surface area (Å²) in [5, 5.41) is 20.2. The minimum absolute atomic E-state index is 0.0478. The second-order valence-electron chi connectivity index (χ2n) is 7.56. The number of halogens is 1. The number of aromatic nitrogens is 3. The fraction of sp³-hybridized carbons (Fsp3) is 0.238. The van der Waals surface area contributed by atoms with Crippen molar-refractivity contribution >= 4 is 41.0 Å². The first-order chi connectivity index (χ1) is 14.5. The number of hydrogen-bond donors (Lipinski definition) is 3. The number of imide groups is 1. The van der Waals surface area contributed by atoms with Crippen LogP contribution in [-0.2, 0) is 16.0 Å². The van der Waals surface area contributed by atoms with Gasteiger partial charge in [0.2, 0.25) is 5.91 Å². The SMILES string of the molecule is O=C1C/C(=C\c2cnn3c(NC4CC4)cc(Cc4ccc(O)cc4Cl)nc23)C(=O)N1. The molecule has 3 heterocycles. The third-order valence-corrected chi connectivity index (χ3v) is 5.47. The van der Waals surface area contributed by atoms with E-state index in [2.05, 4.69) is 15.7 Å². The molecule has 2 aliphatic rings. The molecule has 30 heavy (non-hydrogen) atoms. The van der Waals surface area contributed by atoms with Crippen LogP contribution in [0.2, 0.25) is 5.02 Å². The minimum atomic E-state index is -0.386. The molecule has 1 saturated carbocycles. The highest BCUT2D eigenvalue weighted by Gasteiger charge is 2.25. The largest absolute Gasteiger partial charge is 0.508 e. The van der Waals surface area contributed by atoms with Gasteiger partial charge in [-0.1, -0.05) is 17.7 Å². The van der Waals surface area contributed by atoms with Gasteiger partial charge in [0, 0.05) is 34.7 Å². The minimum Gasteiger partial charge on any atom is -0.508 e. The van der Waals surface area contributed by atoms with Crippen LogP contribution >= 0.6 is 11.6 Å². The van der Waals surface area contributed by atoms with Gasteiger partial charge < -0.3 is 10.4 Å². The predicted molar refractivity (Wildman–Crippen MR) is 111 cm³/mol. The molecule has 0 bridgehead atoms. The van der Waals surface area contributed by atoms with E-state index in [1.165, 1.54) is 6.07 Å².